The third-order valence-electron chi connectivity index (χ3n) is 2.23. The van der Waals surface area contributed by atoms with Gasteiger partial charge in [0, 0.05) is 5.92 Å². The summed E-state index contributed by atoms with van der Waals surface area (Å²) in [5, 5.41) is 13.2. The van der Waals surface area contributed by atoms with Gasteiger partial charge in [-0.1, -0.05) is 13.8 Å². The first-order valence-electron chi connectivity index (χ1n) is 5.18. The van der Waals surface area contributed by atoms with Crippen LogP contribution < -0.4 is 10.6 Å². The molecule has 0 spiro atoms. The number of nitrogens with one attached hydrogen (secondary N) is 2. The highest BCUT2D eigenvalue weighted by atomic mass is 16.4. The maximum atomic E-state index is 11.3. The average molecular weight is 230 g/mol. The number of rotatable bonds is 6. The van der Waals surface area contributed by atoms with Crippen molar-refractivity contribution in [2.45, 2.75) is 33.2 Å². The first kappa shape index (κ1) is 14.4. The van der Waals surface area contributed by atoms with E-state index >= 15 is 0 Å². The predicted octanol–water partition coefficient (Wildman–Crippen LogP) is -0.262. The molecule has 0 saturated heterocycles. The van der Waals surface area contributed by atoms with Gasteiger partial charge in [-0.2, -0.15) is 0 Å². The lowest BCUT2D eigenvalue weighted by Gasteiger charge is -2.12. The minimum atomic E-state index is -1.11. The van der Waals surface area contributed by atoms with E-state index in [1.54, 1.807) is 6.92 Å². The molecule has 0 aliphatic carbocycles. The van der Waals surface area contributed by atoms with Crippen molar-refractivity contribution < 1.29 is 19.5 Å². The van der Waals surface area contributed by atoms with E-state index in [9.17, 15) is 14.4 Å². The summed E-state index contributed by atoms with van der Waals surface area (Å²) in [5.41, 5.74) is 0. The van der Waals surface area contributed by atoms with Crippen LogP contribution in [0.1, 0.15) is 27.2 Å². The molecule has 0 fully saturated rings. The monoisotopic (exact) mass is 230 g/mol. The summed E-state index contributed by atoms with van der Waals surface area (Å²) in [5.74, 6) is -1.97. The second-order valence-electron chi connectivity index (χ2n) is 3.65. The number of carboxylic acid groups (broad SMARTS) is 1. The van der Waals surface area contributed by atoms with Crippen molar-refractivity contribution in [2.75, 3.05) is 6.54 Å². The Labute approximate surface area is 94.4 Å². The van der Waals surface area contributed by atoms with Crippen LogP contribution in [0.4, 0.5) is 0 Å². The van der Waals surface area contributed by atoms with Crippen LogP contribution in [-0.2, 0) is 14.4 Å². The third kappa shape index (κ3) is 5.33. The Morgan fingerprint density at radius 3 is 2.25 bits per heavy atom. The molecule has 6 nitrogen and oxygen atoms in total. The second kappa shape index (κ2) is 6.81. The number of hydrogen-bond donors (Lipinski definition) is 3. The van der Waals surface area contributed by atoms with E-state index in [1.165, 1.54) is 6.92 Å². The molecule has 92 valence electrons. The Kier molecular flexibility index (Phi) is 6.14. The first-order chi connectivity index (χ1) is 7.38. The highest BCUT2D eigenvalue weighted by Gasteiger charge is 2.15. The van der Waals surface area contributed by atoms with Crippen molar-refractivity contribution in [3.05, 3.63) is 0 Å². The summed E-state index contributed by atoms with van der Waals surface area (Å²) < 4.78 is 0. The molecule has 2 amide bonds. The summed E-state index contributed by atoms with van der Waals surface area (Å²) in [7, 11) is 0. The molecule has 16 heavy (non-hydrogen) atoms. The molecular weight excluding hydrogens is 212 g/mol. The molecule has 6 heteroatoms. The molecule has 0 aromatic heterocycles. The van der Waals surface area contributed by atoms with Gasteiger partial charge in [0.1, 0.15) is 6.04 Å². The number of carbonyl (C=O) groups is 3. The molecule has 0 heterocycles. The molecule has 0 aromatic rings. The first-order valence-corrected chi connectivity index (χ1v) is 5.18. The predicted molar refractivity (Wildman–Crippen MR) is 57.7 cm³/mol. The molecule has 2 unspecified atom stereocenters. The lowest BCUT2D eigenvalue weighted by atomic mass is 10.1. The molecule has 3 N–H and O–H groups in total. The zero-order chi connectivity index (χ0) is 12.7. The van der Waals surface area contributed by atoms with Crippen LogP contribution in [0.25, 0.3) is 0 Å². The standard InChI is InChI=1S/C10H18N2O4/c1-4-6(2)9(14)11-5-8(13)12-7(3)10(15)16/h6-7H,4-5H2,1-3H3,(H,11,14)(H,12,13)(H,15,16). The maximum Gasteiger partial charge on any atom is 0.325 e. The van der Waals surface area contributed by atoms with E-state index in [-0.39, 0.29) is 18.4 Å². The summed E-state index contributed by atoms with van der Waals surface area (Å²) >= 11 is 0. The second-order valence-corrected chi connectivity index (χ2v) is 3.65. The fourth-order valence-corrected chi connectivity index (χ4v) is 0.881. The lowest BCUT2D eigenvalue weighted by Crippen LogP contribution is -2.44. The van der Waals surface area contributed by atoms with E-state index in [2.05, 4.69) is 10.6 Å². The quantitative estimate of drug-likeness (QED) is 0.585. The Morgan fingerprint density at radius 1 is 1.25 bits per heavy atom. The van der Waals surface area contributed by atoms with Gasteiger partial charge in [0.25, 0.3) is 0 Å². The molecule has 0 rings (SSSR count). The van der Waals surface area contributed by atoms with Gasteiger partial charge in [-0.25, -0.2) is 0 Å². The van der Waals surface area contributed by atoms with Crippen LogP contribution in [0, 0.1) is 5.92 Å². The van der Waals surface area contributed by atoms with E-state index in [0.29, 0.717) is 6.42 Å². The minimum absolute atomic E-state index is 0.148. The van der Waals surface area contributed by atoms with Crippen molar-refractivity contribution in [1.29, 1.82) is 0 Å². The fourth-order valence-electron chi connectivity index (χ4n) is 0.881. The topological polar surface area (TPSA) is 95.5 Å². The van der Waals surface area contributed by atoms with Gasteiger partial charge in [0.2, 0.25) is 11.8 Å². The number of aliphatic carboxylic acids is 1. The minimum Gasteiger partial charge on any atom is -0.480 e. The molecule has 0 aliphatic heterocycles. The van der Waals surface area contributed by atoms with Gasteiger partial charge in [0.15, 0.2) is 0 Å². The van der Waals surface area contributed by atoms with Crippen molar-refractivity contribution in [3.8, 4) is 0 Å². The zero-order valence-corrected chi connectivity index (χ0v) is 9.74. The van der Waals surface area contributed by atoms with Crippen molar-refractivity contribution in [3.63, 3.8) is 0 Å². The molecule has 0 saturated carbocycles. The normalized spacial score (nSPS) is 13.7. The average Bonchev–Trinajstić information content (AvgIpc) is 2.24. The van der Waals surface area contributed by atoms with Gasteiger partial charge in [-0.3, -0.25) is 14.4 Å². The summed E-state index contributed by atoms with van der Waals surface area (Å²) in [6.07, 6.45) is 0.693. The van der Waals surface area contributed by atoms with Crippen LogP contribution in [0.2, 0.25) is 0 Å². The summed E-state index contributed by atoms with van der Waals surface area (Å²) in [6, 6.07) is -0.951. The van der Waals surface area contributed by atoms with Crippen LogP contribution in [0.5, 0.6) is 0 Å². The Balaban J connectivity index is 3.90. The molecule has 0 aliphatic rings. The Morgan fingerprint density at radius 2 is 1.81 bits per heavy atom. The van der Waals surface area contributed by atoms with Crippen LogP contribution in [-0.4, -0.2) is 35.5 Å². The highest BCUT2D eigenvalue weighted by Crippen LogP contribution is 1.98. The van der Waals surface area contributed by atoms with Gasteiger partial charge < -0.3 is 15.7 Å². The highest BCUT2D eigenvalue weighted by molar-refractivity contribution is 5.88. The van der Waals surface area contributed by atoms with Crippen LogP contribution in [0.3, 0.4) is 0 Å². The van der Waals surface area contributed by atoms with Crippen molar-refractivity contribution >= 4 is 17.8 Å². The van der Waals surface area contributed by atoms with E-state index in [1.807, 2.05) is 6.92 Å². The number of carbonyl (C=O) groups excluding carboxylic acids is 2. The zero-order valence-electron chi connectivity index (χ0n) is 9.74. The molecular formula is C10H18N2O4. The number of amides is 2. The van der Waals surface area contributed by atoms with Crippen LogP contribution >= 0.6 is 0 Å². The van der Waals surface area contributed by atoms with Gasteiger partial charge in [-0.05, 0) is 13.3 Å². The number of hydrogen-bond acceptors (Lipinski definition) is 3. The lowest BCUT2D eigenvalue weighted by molar-refractivity contribution is -0.141. The third-order valence-corrected chi connectivity index (χ3v) is 2.23. The molecule has 0 bridgehead atoms. The fraction of sp³-hybridized carbons (Fsp3) is 0.700. The van der Waals surface area contributed by atoms with E-state index < -0.39 is 17.9 Å². The summed E-state index contributed by atoms with van der Waals surface area (Å²) in [4.78, 5) is 32.9. The smallest absolute Gasteiger partial charge is 0.325 e. The molecule has 0 radical (unpaired) electrons. The molecule has 2 atom stereocenters. The van der Waals surface area contributed by atoms with Gasteiger partial charge in [-0.15, -0.1) is 0 Å². The maximum absolute atomic E-state index is 11.3. The molecule has 0 aromatic carbocycles. The van der Waals surface area contributed by atoms with Crippen molar-refractivity contribution in [2.24, 2.45) is 5.92 Å². The Bertz CT molecular complexity index is 278. The van der Waals surface area contributed by atoms with Crippen molar-refractivity contribution in [1.82, 2.24) is 10.6 Å². The van der Waals surface area contributed by atoms with Gasteiger partial charge >= 0.3 is 5.97 Å². The number of carboxylic acids is 1. The van der Waals surface area contributed by atoms with Crippen LogP contribution in [0.15, 0.2) is 0 Å². The SMILES string of the molecule is CCC(C)C(=O)NCC(=O)NC(C)C(=O)O. The largest absolute Gasteiger partial charge is 0.480 e. The Hall–Kier alpha value is -1.59. The van der Waals surface area contributed by atoms with E-state index in [4.69, 9.17) is 5.11 Å². The van der Waals surface area contributed by atoms with E-state index in [0.717, 1.165) is 0 Å². The summed E-state index contributed by atoms with van der Waals surface area (Å²) in [6.45, 7) is 4.79. The van der Waals surface area contributed by atoms with Gasteiger partial charge in [0.05, 0.1) is 6.54 Å².